The quantitative estimate of drug-likeness (QED) is 0.551. The molecule has 5 rings (SSSR count). The number of aromatic hydroxyl groups is 1. The molecule has 2 aliphatic heterocycles. The van der Waals surface area contributed by atoms with Crippen molar-refractivity contribution < 1.29 is 9.90 Å². The predicted molar refractivity (Wildman–Crippen MR) is 123 cm³/mol. The molecule has 2 heterocycles. The third kappa shape index (κ3) is 3.47. The van der Waals surface area contributed by atoms with Gasteiger partial charge in [0.25, 0.3) is 0 Å². The first kappa shape index (κ1) is 20.0. The molecule has 0 radical (unpaired) electrons. The Hall–Kier alpha value is -2.91. The van der Waals surface area contributed by atoms with Crippen LogP contribution in [0, 0.1) is 19.8 Å². The van der Waals surface area contributed by atoms with E-state index >= 15 is 0 Å². The van der Waals surface area contributed by atoms with Crippen molar-refractivity contribution in [1.29, 1.82) is 0 Å². The number of hydrogen-bond donors (Lipinski definition) is 1. The third-order valence-electron chi connectivity index (χ3n) is 7.19. The van der Waals surface area contributed by atoms with E-state index in [9.17, 15) is 9.90 Å². The number of aryl methyl sites for hydroxylation is 2. The molecule has 0 aromatic heterocycles. The molecule has 0 spiro atoms. The zero-order valence-electron chi connectivity index (χ0n) is 18.2. The van der Waals surface area contributed by atoms with Gasteiger partial charge in [0.2, 0.25) is 0 Å². The molecule has 3 nitrogen and oxygen atoms in total. The Morgan fingerprint density at radius 3 is 2.13 bits per heavy atom. The number of fused-ring (bicyclic) bond motifs is 1. The van der Waals surface area contributed by atoms with E-state index in [1.807, 2.05) is 6.07 Å². The number of carbonyl (C=O) groups is 1. The molecule has 3 aromatic rings. The highest BCUT2D eigenvalue weighted by Gasteiger charge is 2.54. The van der Waals surface area contributed by atoms with Gasteiger partial charge in [0.15, 0.2) is 5.78 Å². The SMILES string of the molecule is Cc1ccc([C@@H]2[C@@H](C(=O)c3ccccc3O)[C@H](c3ccc(C)cc3)N3CCC[C@@H]23)cc1. The molecule has 2 saturated heterocycles. The smallest absolute Gasteiger partial charge is 0.172 e. The second kappa shape index (κ2) is 7.97. The summed E-state index contributed by atoms with van der Waals surface area (Å²) in [5.74, 6) is -0.000886. The fraction of sp³-hybridized carbons (Fsp3) is 0.321. The number of para-hydroxylation sites is 1. The molecule has 0 saturated carbocycles. The van der Waals surface area contributed by atoms with E-state index in [0.29, 0.717) is 11.6 Å². The number of carbonyl (C=O) groups excluding carboxylic acids is 1. The van der Waals surface area contributed by atoms with E-state index in [4.69, 9.17) is 0 Å². The zero-order chi connectivity index (χ0) is 21.5. The van der Waals surface area contributed by atoms with E-state index in [0.717, 1.165) is 19.4 Å². The fourth-order valence-electron chi connectivity index (χ4n) is 5.74. The number of phenolic OH excluding ortho intramolecular Hbond substituents is 1. The molecule has 3 aromatic carbocycles. The number of nitrogens with zero attached hydrogens (tertiary/aromatic N) is 1. The lowest BCUT2D eigenvalue weighted by Crippen LogP contribution is -2.29. The van der Waals surface area contributed by atoms with Gasteiger partial charge in [-0.3, -0.25) is 9.69 Å². The Kier molecular flexibility index (Phi) is 5.15. The van der Waals surface area contributed by atoms with Crippen molar-refractivity contribution in [3.63, 3.8) is 0 Å². The Labute approximate surface area is 184 Å². The van der Waals surface area contributed by atoms with Crippen LogP contribution in [0.5, 0.6) is 5.75 Å². The van der Waals surface area contributed by atoms with Crippen LogP contribution < -0.4 is 0 Å². The molecule has 4 atom stereocenters. The molecule has 0 bridgehead atoms. The van der Waals surface area contributed by atoms with Crippen LogP contribution in [0.25, 0.3) is 0 Å². The monoisotopic (exact) mass is 411 g/mol. The second-order valence-corrected chi connectivity index (χ2v) is 9.15. The minimum atomic E-state index is -0.232. The normalized spacial score (nSPS) is 25.5. The van der Waals surface area contributed by atoms with E-state index in [2.05, 4.69) is 67.3 Å². The van der Waals surface area contributed by atoms with Crippen LogP contribution in [0.4, 0.5) is 0 Å². The predicted octanol–water partition coefficient (Wildman–Crippen LogP) is 5.81. The Morgan fingerprint density at radius 1 is 0.871 bits per heavy atom. The summed E-state index contributed by atoms with van der Waals surface area (Å²) in [7, 11) is 0. The van der Waals surface area contributed by atoms with E-state index in [1.54, 1.807) is 18.2 Å². The maximum absolute atomic E-state index is 14.0. The van der Waals surface area contributed by atoms with Crippen LogP contribution in [0.2, 0.25) is 0 Å². The number of Topliss-reactive ketones (excluding diaryl/α,β-unsaturated/α-hetero) is 1. The molecule has 2 aliphatic rings. The van der Waals surface area contributed by atoms with E-state index in [1.165, 1.54) is 22.3 Å². The minimum absolute atomic E-state index is 0.0199. The van der Waals surface area contributed by atoms with Crippen LogP contribution in [-0.4, -0.2) is 28.4 Å². The molecule has 0 amide bonds. The Morgan fingerprint density at radius 2 is 1.48 bits per heavy atom. The van der Waals surface area contributed by atoms with Crippen molar-refractivity contribution >= 4 is 5.78 Å². The largest absolute Gasteiger partial charge is 0.507 e. The van der Waals surface area contributed by atoms with Gasteiger partial charge in [0.1, 0.15) is 5.75 Å². The molecular formula is C28H29NO2. The van der Waals surface area contributed by atoms with Gasteiger partial charge < -0.3 is 5.11 Å². The number of benzene rings is 3. The molecule has 1 N–H and O–H groups in total. The molecule has 0 unspecified atom stereocenters. The van der Waals surface area contributed by atoms with Crippen molar-refractivity contribution in [1.82, 2.24) is 4.90 Å². The molecule has 2 fully saturated rings. The Balaban J connectivity index is 1.66. The zero-order valence-corrected chi connectivity index (χ0v) is 18.2. The average molecular weight is 412 g/mol. The maximum Gasteiger partial charge on any atom is 0.172 e. The van der Waals surface area contributed by atoms with Crippen molar-refractivity contribution in [2.45, 2.75) is 44.7 Å². The highest BCUT2D eigenvalue weighted by Crippen LogP contribution is 2.54. The summed E-state index contributed by atoms with van der Waals surface area (Å²) in [5.41, 5.74) is 5.30. The number of phenols is 1. The van der Waals surface area contributed by atoms with Crippen molar-refractivity contribution in [3.05, 3.63) is 101 Å². The highest BCUT2D eigenvalue weighted by atomic mass is 16.3. The molecule has 3 heteroatoms. The lowest BCUT2D eigenvalue weighted by molar-refractivity contribution is 0.0871. The van der Waals surface area contributed by atoms with Crippen molar-refractivity contribution in [2.24, 2.45) is 5.92 Å². The van der Waals surface area contributed by atoms with Gasteiger partial charge in [-0.1, -0.05) is 71.8 Å². The summed E-state index contributed by atoms with van der Waals surface area (Å²) < 4.78 is 0. The lowest BCUT2D eigenvalue weighted by atomic mass is 9.75. The van der Waals surface area contributed by atoms with E-state index in [-0.39, 0.29) is 29.4 Å². The third-order valence-corrected chi connectivity index (χ3v) is 7.19. The summed E-state index contributed by atoms with van der Waals surface area (Å²) in [5, 5.41) is 10.5. The minimum Gasteiger partial charge on any atom is -0.507 e. The van der Waals surface area contributed by atoms with Gasteiger partial charge in [-0.25, -0.2) is 0 Å². The van der Waals surface area contributed by atoms with Gasteiger partial charge in [0, 0.05) is 18.0 Å². The highest BCUT2D eigenvalue weighted by molar-refractivity contribution is 6.01. The number of hydrogen-bond acceptors (Lipinski definition) is 3. The topological polar surface area (TPSA) is 40.5 Å². The first-order valence-electron chi connectivity index (χ1n) is 11.3. The van der Waals surface area contributed by atoms with Gasteiger partial charge in [0.05, 0.1) is 11.5 Å². The lowest BCUT2D eigenvalue weighted by Gasteiger charge is -2.28. The fourth-order valence-corrected chi connectivity index (χ4v) is 5.74. The van der Waals surface area contributed by atoms with Crippen LogP contribution in [-0.2, 0) is 0 Å². The van der Waals surface area contributed by atoms with Crippen LogP contribution in [0.15, 0.2) is 72.8 Å². The van der Waals surface area contributed by atoms with Gasteiger partial charge in [-0.15, -0.1) is 0 Å². The van der Waals surface area contributed by atoms with Crippen molar-refractivity contribution in [2.75, 3.05) is 6.54 Å². The van der Waals surface area contributed by atoms with Gasteiger partial charge >= 0.3 is 0 Å². The Bertz CT molecular complexity index is 1030. The first-order valence-corrected chi connectivity index (χ1v) is 11.3. The first-order chi connectivity index (χ1) is 15.0. The summed E-state index contributed by atoms with van der Waals surface area (Å²) in [6.45, 7) is 5.20. The standard InChI is InChI=1S/C28H29NO2/c1-18-9-13-20(14-10-18)25-23-7-5-17-29(23)27(21-15-11-19(2)12-16-21)26(25)28(31)22-6-3-4-8-24(22)30/h3-4,6,8-16,23,25-27,30H,5,7,17H2,1-2H3/t23-,25-,26+,27-/m0/s1. The van der Waals surface area contributed by atoms with Crippen LogP contribution in [0.1, 0.15) is 57.4 Å². The van der Waals surface area contributed by atoms with Gasteiger partial charge in [-0.2, -0.15) is 0 Å². The second-order valence-electron chi connectivity index (χ2n) is 9.15. The van der Waals surface area contributed by atoms with Crippen molar-refractivity contribution in [3.8, 4) is 5.75 Å². The van der Waals surface area contributed by atoms with Gasteiger partial charge in [-0.05, 0) is 56.5 Å². The van der Waals surface area contributed by atoms with E-state index < -0.39 is 0 Å². The molecule has 158 valence electrons. The van der Waals surface area contributed by atoms with Crippen LogP contribution in [0.3, 0.4) is 0 Å². The van der Waals surface area contributed by atoms with Crippen LogP contribution >= 0.6 is 0 Å². The summed E-state index contributed by atoms with van der Waals surface area (Å²) in [6, 6.07) is 24.7. The summed E-state index contributed by atoms with van der Waals surface area (Å²) in [6.07, 6.45) is 2.26. The molecular weight excluding hydrogens is 382 g/mol. The number of rotatable bonds is 4. The number of ketones is 1. The maximum atomic E-state index is 14.0. The summed E-state index contributed by atoms with van der Waals surface area (Å²) >= 11 is 0. The molecule has 31 heavy (non-hydrogen) atoms. The summed E-state index contributed by atoms with van der Waals surface area (Å²) in [4.78, 5) is 16.6. The average Bonchev–Trinajstić information content (AvgIpc) is 3.36. The molecule has 0 aliphatic carbocycles.